The topological polar surface area (TPSA) is 59.1 Å². The van der Waals surface area contributed by atoms with Gasteiger partial charge in [0.2, 0.25) is 0 Å². The van der Waals surface area contributed by atoms with Crippen LogP contribution in [0.2, 0.25) is 10.0 Å². The molecule has 4 nitrogen and oxygen atoms in total. The van der Waals surface area contributed by atoms with Crippen LogP contribution < -0.4 is 4.72 Å². The Labute approximate surface area is 205 Å². The number of halogens is 5. The number of aromatic nitrogens is 1. The summed E-state index contributed by atoms with van der Waals surface area (Å²) in [4.78, 5) is 4.60. The molecule has 33 heavy (non-hydrogen) atoms. The number of fused-ring (bicyclic) bond motifs is 1. The summed E-state index contributed by atoms with van der Waals surface area (Å²) in [6.45, 7) is 2.00. The van der Waals surface area contributed by atoms with Crippen LogP contribution in [0.15, 0.2) is 68.7 Å². The van der Waals surface area contributed by atoms with Gasteiger partial charge in [0.25, 0.3) is 10.0 Å². The zero-order valence-electron chi connectivity index (χ0n) is 16.6. The number of nitrogens with zero attached hydrogens (tertiary/aromatic N) is 1. The van der Waals surface area contributed by atoms with Crippen molar-refractivity contribution in [1.29, 1.82) is 0 Å². The highest BCUT2D eigenvalue weighted by Crippen LogP contribution is 2.39. The van der Waals surface area contributed by atoms with Crippen molar-refractivity contribution in [2.45, 2.75) is 27.2 Å². The largest absolute Gasteiger partial charge is 0.416 e. The van der Waals surface area contributed by atoms with Gasteiger partial charge in [0, 0.05) is 9.92 Å². The zero-order chi connectivity index (χ0) is 24.0. The van der Waals surface area contributed by atoms with Crippen LogP contribution in [0.5, 0.6) is 0 Å². The van der Waals surface area contributed by atoms with Crippen LogP contribution in [0, 0.1) is 6.92 Å². The van der Waals surface area contributed by atoms with Crippen molar-refractivity contribution in [2.24, 2.45) is 0 Å². The number of hydrogen-bond donors (Lipinski definition) is 1. The fourth-order valence-corrected chi connectivity index (χ4v) is 6.73. The number of benzene rings is 3. The van der Waals surface area contributed by atoms with Gasteiger partial charge in [-0.1, -0.05) is 41.0 Å². The molecule has 3 aromatic carbocycles. The van der Waals surface area contributed by atoms with Crippen LogP contribution >= 0.6 is 46.3 Å². The van der Waals surface area contributed by atoms with E-state index in [9.17, 15) is 21.6 Å². The second kappa shape index (κ2) is 8.99. The lowest BCUT2D eigenvalue weighted by atomic mass is 10.2. The number of hydrogen-bond acceptors (Lipinski definition) is 5. The van der Waals surface area contributed by atoms with Gasteiger partial charge >= 0.3 is 6.18 Å². The van der Waals surface area contributed by atoms with Crippen molar-refractivity contribution in [1.82, 2.24) is 4.98 Å². The first kappa shape index (κ1) is 24.2. The number of aryl methyl sites for hydroxylation is 1. The summed E-state index contributed by atoms with van der Waals surface area (Å²) < 4.78 is 68.4. The summed E-state index contributed by atoms with van der Waals surface area (Å²) >= 11 is 14.9. The van der Waals surface area contributed by atoms with E-state index in [1.165, 1.54) is 35.2 Å². The quantitative estimate of drug-likeness (QED) is 0.275. The highest BCUT2D eigenvalue weighted by molar-refractivity contribution is 8.01. The SMILES string of the molecule is Cc1ccc2nc(Sc3ccc(NS(=O)(=O)c4cc(Cl)cc(C(F)(F)F)c4)cc3Cl)sc2c1. The van der Waals surface area contributed by atoms with Crippen LogP contribution in [0.1, 0.15) is 11.1 Å². The zero-order valence-corrected chi connectivity index (χ0v) is 20.5. The molecule has 0 atom stereocenters. The maximum atomic E-state index is 13.0. The van der Waals surface area contributed by atoms with Crippen molar-refractivity contribution in [3.63, 3.8) is 0 Å². The second-order valence-electron chi connectivity index (χ2n) is 6.98. The van der Waals surface area contributed by atoms with Crippen LogP contribution in [0.25, 0.3) is 10.2 Å². The highest BCUT2D eigenvalue weighted by atomic mass is 35.5. The Morgan fingerprint density at radius 1 is 1.03 bits per heavy atom. The van der Waals surface area contributed by atoms with Crippen LogP contribution in [-0.2, 0) is 16.2 Å². The van der Waals surface area contributed by atoms with E-state index in [4.69, 9.17) is 23.2 Å². The molecule has 0 aliphatic carbocycles. The van der Waals surface area contributed by atoms with Gasteiger partial charge in [0.05, 0.1) is 31.4 Å². The molecule has 4 aromatic rings. The van der Waals surface area contributed by atoms with Crippen molar-refractivity contribution < 1.29 is 21.6 Å². The minimum Gasteiger partial charge on any atom is -0.280 e. The fourth-order valence-electron chi connectivity index (χ4n) is 2.89. The summed E-state index contributed by atoms with van der Waals surface area (Å²) in [5, 5.41) is -0.0845. The predicted octanol–water partition coefficient (Wildman–Crippen LogP) is 7.88. The van der Waals surface area contributed by atoms with E-state index in [2.05, 4.69) is 9.71 Å². The summed E-state index contributed by atoms with van der Waals surface area (Å²) in [7, 11) is -4.34. The summed E-state index contributed by atoms with van der Waals surface area (Å²) in [6, 6.07) is 12.5. The average molecular weight is 549 g/mol. The Hall–Kier alpha value is -1.98. The number of sulfonamides is 1. The van der Waals surface area contributed by atoms with Gasteiger partial charge in [0.1, 0.15) is 0 Å². The number of anilines is 1. The minimum atomic E-state index is -4.74. The average Bonchev–Trinajstić information content (AvgIpc) is 3.10. The molecule has 0 radical (unpaired) electrons. The van der Waals surface area contributed by atoms with Crippen LogP contribution in [0.3, 0.4) is 0 Å². The summed E-state index contributed by atoms with van der Waals surface area (Å²) in [5.41, 5.74) is 0.928. The Morgan fingerprint density at radius 3 is 2.48 bits per heavy atom. The Balaban J connectivity index is 1.57. The highest BCUT2D eigenvalue weighted by Gasteiger charge is 2.32. The van der Waals surface area contributed by atoms with Crippen molar-refractivity contribution in [2.75, 3.05) is 4.72 Å². The molecule has 1 aromatic heterocycles. The van der Waals surface area contributed by atoms with E-state index in [0.29, 0.717) is 17.0 Å². The van der Waals surface area contributed by atoms with Crippen molar-refractivity contribution in [3.8, 4) is 0 Å². The standard InChI is InChI=1S/C21H13Cl2F3N2O2S3/c1-11-2-4-17-19(6-11)32-20(27-17)31-18-5-3-14(10-16(18)23)28-33(29,30)15-8-12(21(24,25)26)7-13(22)9-15/h2-10,28H,1H3. The molecule has 0 spiro atoms. The first-order chi connectivity index (χ1) is 15.4. The summed E-state index contributed by atoms with van der Waals surface area (Å²) in [5.74, 6) is 0. The Kier molecular flexibility index (Phi) is 6.58. The number of alkyl halides is 3. The molecule has 0 aliphatic rings. The number of thiazole rings is 1. The van der Waals surface area contributed by atoms with Gasteiger partial charge < -0.3 is 0 Å². The maximum absolute atomic E-state index is 13.0. The smallest absolute Gasteiger partial charge is 0.280 e. The van der Waals surface area contributed by atoms with Gasteiger partial charge in [-0.2, -0.15) is 13.2 Å². The molecule has 12 heteroatoms. The number of nitrogens with one attached hydrogen (secondary N) is 1. The third-order valence-electron chi connectivity index (χ3n) is 4.41. The first-order valence-corrected chi connectivity index (χ1v) is 13.0. The number of rotatable bonds is 5. The lowest BCUT2D eigenvalue weighted by molar-refractivity contribution is -0.137. The van der Waals surface area contributed by atoms with Gasteiger partial charge in [-0.25, -0.2) is 13.4 Å². The molecule has 1 N–H and O–H groups in total. The summed E-state index contributed by atoms with van der Waals surface area (Å²) in [6.07, 6.45) is -4.74. The molecule has 0 amide bonds. The molecule has 4 rings (SSSR count). The monoisotopic (exact) mass is 548 g/mol. The fraction of sp³-hybridized carbons (Fsp3) is 0.0952. The Morgan fingerprint density at radius 2 is 1.79 bits per heavy atom. The van der Waals surface area contributed by atoms with E-state index in [1.54, 1.807) is 6.07 Å². The second-order valence-corrected chi connectivity index (χ2v) is 11.8. The minimum absolute atomic E-state index is 0.0952. The lowest BCUT2D eigenvalue weighted by Gasteiger charge is -2.13. The van der Waals surface area contributed by atoms with E-state index >= 15 is 0 Å². The van der Waals surface area contributed by atoms with Crippen molar-refractivity contribution >= 4 is 72.2 Å². The molecule has 0 bridgehead atoms. The molecule has 1 heterocycles. The van der Waals surface area contributed by atoms with Gasteiger partial charge in [-0.05, 0) is 61.0 Å². The lowest BCUT2D eigenvalue weighted by Crippen LogP contribution is -2.15. The molecule has 0 aliphatic heterocycles. The van der Waals surface area contributed by atoms with E-state index in [1.807, 2.05) is 25.1 Å². The van der Waals surface area contributed by atoms with Crippen LogP contribution in [0.4, 0.5) is 18.9 Å². The van der Waals surface area contributed by atoms with Crippen molar-refractivity contribution in [3.05, 3.63) is 75.8 Å². The third kappa shape index (κ3) is 5.58. The molecule has 0 saturated carbocycles. The molecular formula is C21H13Cl2F3N2O2S3. The van der Waals surface area contributed by atoms with Gasteiger partial charge in [-0.3, -0.25) is 4.72 Å². The van der Waals surface area contributed by atoms with E-state index in [0.717, 1.165) is 26.2 Å². The molecule has 0 saturated heterocycles. The molecule has 0 unspecified atom stereocenters. The normalized spacial score (nSPS) is 12.3. The van der Waals surface area contributed by atoms with Crippen LogP contribution in [-0.4, -0.2) is 13.4 Å². The van der Waals surface area contributed by atoms with Gasteiger partial charge in [0.15, 0.2) is 4.34 Å². The van der Waals surface area contributed by atoms with E-state index < -0.39 is 26.7 Å². The predicted molar refractivity (Wildman–Crippen MR) is 127 cm³/mol. The first-order valence-electron chi connectivity index (χ1n) is 9.16. The maximum Gasteiger partial charge on any atom is 0.416 e. The van der Waals surface area contributed by atoms with E-state index in [-0.39, 0.29) is 15.7 Å². The molecule has 172 valence electrons. The Bertz CT molecular complexity index is 1470. The third-order valence-corrected chi connectivity index (χ3v) is 8.57. The molecule has 0 fully saturated rings. The molecular weight excluding hydrogens is 536 g/mol. The van der Waals surface area contributed by atoms with Gasteiger partial charge in [-0.15, -0.1) is 11.3 Å².